The highest BCUT2D eigenvalue weighted by Gasteiger charge is 2.27. The molecule has 0 aromatic heterocycles. The lowest BCUT2D eigenvalue weighted by molar-refractivity contribution is 0.143. The van der Waals surface area contributed by atoms with E-state index in [1.54, 1.807) is 6.07 Å². The first-order valence-corrected chi connectivity index (χ1v) is 7.76. The summed E-state index contributed by atoms with van der Waals surface area (Å²) in [6, 6.07) is 4.56. The van der Waals surface area contributed by atoms with Gasteiger partial charge < -0.3 is 4.74 Å². The SMILES string of the molecule is CCCC(CS)(CCC)COc1ccc(Cl)c(F)c1. The average Bonchev–Trinajstić information content (AvgIpc) is 2.40. The molecule has 19 heavy (non-hydrogen) atoms. The van der Waals surface area contributed by atoms with Gasteiger partial charge in [-0.2, -0.15) is 12.6 Å². The van der Waals surface area contributed by atoms with Crippen LogP contribution >= 0.6 is 24.2 Å². The highest BCUT2D eigenvalue weighted by Crippen LogP contribution is 2.32. The van der Waals surface area contributed by atoms with E-state index in [2.05, 4.69) is 26.5 Å². The van der Waals surface area contributed by atoms with Crippen LogP contribution in [0.15, 0.2) is 18.2 Å². The Morgan fingerprint density at radius 1 is 1.26 bits per heavy atom. The van der Waals surface area contributed by atoms with Crippen LogP contribution in [0.4, 0.5) is 4.39 Å². The van der Waals surface area contributed by atoms with Crippen LogP contribution in [0, 0.1) is 11.2 Å². The predicted octanol–water partition coefficient (Wildman–Crippen LogP) is 5.37. The number of hydrogen-bond donors (Lipinski definition) is 1. The van der Waals surface area contributed by atoms with Crippen molar-refractivity contribution in [2.45, 2.75) is 39.5 Å². The molecule has 0 aliphatic carbocycles. The molecule has 0 N–H and O–H groups in total. The number of halogens is 2. The minimum atomic E-state index is -0.443. The molecule has 1 aromatic carbocycles. The average molecular weight is 305 g/mol. The number of ether oxygens (including phenoxy) is 1. The molecule has 0 fully saturated rings. The van der Waals surface area contributed by atoms with Crippen molar-refractivity contribution in [1.29, 1.82) is 0 Å². The third-order valence-corrected chi connectivity index (χ3v) is 4.31. The lowest BCUT2D eigenvalue weighted by Gasteiger charge is -2.31. The summed E-state index contributed by atoms with van der Waals surface area (Å²) in [6.45, 7) is 4.89. The van der Waals surface area contributed by atoms with Crippen LogP contribution in [0.2, 0.25) is 5.02 Å². The Labute approximate surface area is 125 Å². The molecule has 0 spiro atoms. The lowest BCUT2D eigenvalue weighted by atomic mass is 9.82. The fraction of sp³-hybridized carbons (Fsp3) is 0.600. The van der Waals surface area contributed by atoms with Crippen molar-refractivity contribution in [2.75, 3.05) is 12.4 Å². The van der Waals surface area contributed by atoms with Crippen LogP contribution in [0.25, 0.3) is 0 Å². The van der Waals surface area contributed by atoms with Gasteiger partial charge in [-0.15, -0.1) is 0 Å². The van der Waals surface area contributed by atoms with Crippen LogP contribution in [-0.2, 0) is 0 Å². The van der Waals surface area contributed by atoms with Crippen molar-refractivity contribution in [1.82, 2.24) is 0 Å². The van der Waals surface area contributed by atoms with E-state index in [1.807, 2.05) is 0 Å². The molecule has 0 aliphatic heterocycles. The fourth-order valence-corrected chi connectivity index (χ4v) is 2.86. The van der Waals surface area contributed by atoms with E-state index in [9.17, 15) is 4.39 Å². The molecule has 0 radical (unpaired) electrons. The Morgan fingerprint density at radius 3 is 2.37 bits per heavy atom. The van der Waals surface area contributed by atoms with Gasteiger partial charge in [-0.05, 0) is 30.7 Å². The summed E-state index contributed by atoms with van der Waals surface area (Å²) in [4.78, 5) is 0. The zero-order chi connectivity index (χ0) is 14.3. The second kappa shape index (κ2) is 8.01. The summed E-state index contributed by atoms with van der Waals surface area (Å²) < 4.78 is 19.1. The van der Waals surface area contributed by atoms with Gasteiger partial charge in [0.15, 0.2) is 0 Å². The Morgan fingerprint density at radius 2 is 1.89 bits per heavy atom. The maximum absolute atomic E-state index is 13.4. The summed E-state index contributed by atoms with van der Waals surface area (Å²) in [6.07, 6.45) is 4.33. The first-order chi connectivity index (χ1) is 9.06. The Hall–Kier alpha value is -0.410. The van der Waals surface area contributed by atoms with Crippen LogP contribution in [0.3, 0.4) is 0 Å². The topological polar surface area (TPSA) is 9.23 Å². The highest BCUT2D eigenvalue weighted by atomic mass is 35.5. The first kappa shape index (κ1) is 16.6. The summed E-state index contributed by atoms with van der Waals surface area (Å²) in [7, 11) is 0. The van der Waals surface area contributed by atoms with Crippen LogP contribution in [-0.4, -0.2) is 12.4 Å². The van der Waals surface area contributed by atoms with Gasteiger partial charge in [0.25, 0.3) is 0 Å². The second-order valence-corrected chi connectivity index (χ2v) is 5.75. The van der Waals surface area contributed by atoms with Gasteiger partial charge in [0.1, 0.15) is 11.6 Å². The van der Waals surface area contributed by atoms with E-state index in [0.29, 0.717) is 12.4 Å². The van der Waals surface area contributed by atoms with E-state index in [1.165, 1.54) is 12.1 Å². The highest BCUT2D eigenvalue weighted by molar-refractivity contribution is 7.80. The maximum atomic E-state index is 13.4. The van der Waals surface area contributed by atoms with E-state index < -0.39 is 5.82 Å². The van der Waals surface area contributed by atoms with Crippen molar-refractivity contribution in [3.8, 4) is 5.75 Å². The molecule has 0 bridgehead atoms. The number of benzene rings is 1. The van der Waals surface area contributed by atoms with Crippen LogP contribution in [0.5, 0.6) is 5.75 Å². The number of hydrogen-bond acceptors (Lipinski definition) is 2. The maximum Gasteiger partial charge on any atom is 0.145 e. The molecule has 0 aliphatic rings. The van der Waals surface area contributed by atoms with Gasteiger partial charge in [0.2, 0.25) is 0 Å². The van der Waals surface area contributed by atoms with Gasteiger partial charge in [0, 0.05) is 11.5 Å². The normalized spacial score (nSPS) is 11.6. The molecular formula is C15H22ClFOS. The van der Waals surface area contributed by atoms with Crippen LogP contribution in [0.1, 0.15) is 39.5 Å². The third-order valence-electron chi connectivity index (χ3n) is 3.33. The van der Waals surface area contributed by atoms with Gasteiger partial charge in [-0.25, -0.2) is 4.39 Å². The van der Waals surface area contributed by atoms with E-state index in [-0.39, 0.29) is 10.4 Å². The summed E-state index contributed by atoms with van der Waals surface area (Å²) in [5, 5.41) is 0.120. The fourth-order valence-electron chi connectivity index (χ4n) is 2.34. The van der Waals surface area contributed by atoms with Crippen molar-refractivity contribution in [2.24, 2.45) is 5.41 Å². The molecule has 1 rings (SSSR count). The molecule has 0 heterocycles. The quantitative estimate of drug-likeness (QED) is 0.635. The largest absolute Gasteiger partial charge is 0.493 e. The Kier molecular flexibility index (Phi) is 7.01. The van der Waals surface area contributed by atoms with Crippen molar-refractivity contribution < 1.29 is 9.13 Å². The molecule has 1 nitrogen and oxygen atoms in total. The standard InChI is InChI=1S/C15H22ClFOS/c1-3-7-15(11-19,8-4-2)10-18-12-5-6-13(16)14(17)9-12/h5-6,9,19H,3-4,7-8,10-11H2,1-2H3. The minimum absolute atomic E-state index is 0.0721. The van der Waals surface area contributed by atoms with E-state index >= 15 is 0 Å². The molecule has 0 atom stereocenters. The van der Waals surface area contributed by atoms with Gasteiger partial charge in [-0.3, -0.25) is 0 Å². The smallest absolute Gasteiger partial charge is 0.145 e. The van der Waals surface area contributed by atoms with Gasteiger partial charge in [0.05, 0.1) is 11.6 Å². The summed E-state index contributed by atoms with van der Waals surface area (Å²) >= 11 is 10.1. The van der Waals surface area contributed by atoms with Crippen LogP contribution < -0.4 is 4.74 Å². The number of rotatable bonds is 8. The molecule has 108 valence electrons. The second-order valence-electron chi connectivity index (χ2n) is 5.02. The van der Waals surface area contributed by atoms with Gasteiger partial charge >= 0.3 is 0 Å². The Bertz CT molecular complexity index is 392. The minimum Gasteiger partial charge on any atom is -0.493 e. The Balaban J connectivity index is 2.71. The molecule has 4 heteroatoms. The van der Waals surface area contributed by atoms with Crippen molar-refractivity contribution in [3.63, 3.8) is 0 Å². The third kappa shape index (κ3) is 4.88. The summed E-state index contributed by atoms with van der Waals surface area (Å²) in [5.74, 6) is 0.868. The zero-order valence-electron chi connectivity index (χ0n) is 11.6. The first-order valence-electron chi connectivity index (χ1n) is 6.75. The van der Waals surface area contributed by atoms with E-state index in [4.69, 9.17) is 16.3 Å². The monoisotopic (exact) mass is 304 g/mol. The van der Waals surface area contributed by atoms with Gasteiger partial charge in [-0.1, -0.05) is 38.3 Å². The molecule has 1 aromatic rings. The molecule has 0 saturated carbocycles. The lowest BCUT2D eigenvalue weighted by Crippen LogP contribution is -2.30. The van der Waals surface area contributed by atoms with Crippen molar-refractivity contribution in [3.05, 3.63) is 29.0 Å². The molecule has 0 saturated heterocycles. The number of thiol groups is 1. The molecule has 0 unspecified atom stereocenters. The zero-order valence-corrected chi connectivity index (χ0v) is 13.2. The predicted molar refractivity (Wildman–Crippen MR) is 83.0 cm³/mol. The molecule has 0 amide bonds. The van der Waals surface area contributed by atoms with E-state index in [0.717, 1.165) is 31.4 Å². The van der Waals surface area contributed by atoms with Crippen molar-refractivity contribution >= 4 is 24.2 Å². The molecular weight excluding hydrogens is 283 g/mol. The summed E-state index contributed by atoms with van der Waals surface area (Å²) in [5.41, 5.74) is 0.0721.